The van der Waals surface area contributed by atoms with Crippen molar-refractivity contribution < 1.29 is 31.9 Å². The van der Waals surface area contributed by atoms with Crippen molar-refractivity contribution in [3.63, 3.8) is 0 Å². The minimum atomic E-state index is -3.01. The SMILES string of the molecule is O=C(NC[C@H](N=S(=O)=O)C(=O)O)c1ccc(N2CCC(Nc3ncccn3)CC2)c(F)c1F. The Kier molecular flexibility index (Phi) is 7.82. The molecule has 1 aliphatic heterocycles. The molecule has 1 aromatic heterocycles. The number of aromatic nitrogens is 2. The minimum absolute atomic E-state index is 0.00127. The molecule has 2 heterocycles. The van der Waals surface area contributed by atoms with Gasteiger partial charge in [0, 0.05) is 31.5 Å². The average Bonchev–Trinajstić information content (AvgIpc) is 2.79. The van der Waals surface area contributed by atoms with Crippen molar-refractivity contribution in [3.8, 4) is 0 Å². The Morgan fingerprint density at radius 2 is 1.85 bits per heavy atom. The third-order valence-corrected chi connectivity index (χ3v) is 5.42. The molecule has 1 atom stereocenters. The van der Waals surface area contributed by atoms with Gasteiger partial charge in [0.25, 0.3) is 5.91 Å². The largest absolute Gasteiger partial charge is 0.480 e. The van der Waals surface area contributed by atoms with Gasteiger partial charge in [0.1, 0.15) is 0 Å². The van der Waals surface area contributed by atoms with E-state index in [1.807, 2.05) is 0 Å². The summed E-state index contributed by atoms with van der Waals surface area (Å²) in [5.41, 5.74) is -0.639. The van der Waals surface area contributed by atoms with Crippen LogP contribution in [0.3, 0.4) is 0 Å². The Morgan fingerprint density at radius 3 is 2.45 bits per heavy atom. The van der Waals surface area contributed by atoms with Gasteiger partial charge in [-0.05, 0) is 31.0 Å². The molecule has 1 saturated heterocycles. The lowest BCUT2D eigenvalue weighted by Crippen LogP contribution is -2.40. The Labute approximate surface area is 188 Å². The van der Waals surface area contributed by atoms with Crippen molar-refractivity contribution in [1.29, 1.82) is 0 Å². The highest BCUT2D eigenvalue weighted by atomic mass is 32.2. The first-order valence-electron chi connectivity index (χ1n) is 9.84. The molecule has 0 saturated carbocycles. The van der Waals surface area contributed by atoms with Crippen LogP contribution in [-0.4, -0.2) is 67.1 Å². The van der Waals surface area contributed by atoms with E-state index in [1.54, 1.807) is 23.4 Å². The van der Waals surface area contributed by atoms with E-state index in [0.717, 1.165) is 6.07 Å². The van der Waals surface area contributed by atoms with E-state index >= 15 is 0 Å². The molecule has 0 unspecified atom stereocenters. The maximum atomic E-state index is 14.7. The Balaban J connectivity index is 1.63. The van der Waals surface area contributed by atoms with Crippen molar-refractivity contribution in [2.24, 2.45) is 4.36 Å². The molecule has 3 N–H and O–H groups in total. The number of carboxylic acids is 1. The van der Waals surface area contributed by atoms with Crippen LogP contribution >= 0.6 is 0 Å². The first kappa shape index (κ1) is 24.0. The number of rotatable bonds is 8. The Bertz CT molecular complexity index is 1150. The van der Waals surface area contributed by atoms with E-state index in [1.165, 1.54) is 6.07 Å². The number of halogens is 2. The molecule has 0 aliphatic carbocycles. The fraction of sp³-hybridized carbons (Fsp3) is 0.368. The maximum absolute atomic E-state index is 14.7. The van der Waals surface area contributed by atoms with Gasteiger partial charge in [-0.1, -0.05) is 0 Å². The van der Waals surface area contributed by atoms with Crippen LogP contribution in [0.25, 0.3) is 0 Å². The molecule has 0 radical (unpaired) electrons. The highest BCUT2D eigenvalue weighted by Gasteiger charge is 2.26. The molecule has 11 nitrogen and oxygen atoms in total. The number of hydrogen-bond acceptors (Lipinski definition) is 9. The van der Waals surface area contributed by atoms with Crippen molar-refractivity contribution in [1.82, 2.24) is 15.3 Å². The fourth-order valence-corrected chi connectivity index (χ4v) is 3.71. The van der Waals surface area contributed by atoms with Gasteiger partial charge in [-0.25, -0.2) is 23.5 Å². The number of benzene rings is 1. The monoisotopic (exact) mass is 482 g/mol. The lowest BCUT2D eigenvalue weighted by molar-refractivity contribution is -0.138. The summed E-state index contributed by atoms with van der Waals surface area (Å²) in [6.45, 7) is 0.150. The van der Waals surface area contributed by atoms with Crippen LogP contribution < -0.4 is 15.5 Å². The summed E-state index contributed by atoms with van der Waals surface area (Å²) in [7, 11) is -3.01. The van der Waals surface area contributed by atoms with Crippen LogP contribution in [0.5, 0.6) is 0 Å². The Morgan fingerprint density at radius 1 is 1.18 bits per heavy atom. The second kappa shape index (κ2) is 10.8. The third-order valence-electron chi connectivity index (χ3n) is 5.00. The highest BCUT2D eigenvalue weighted by Crippen LogP contribution is 2.27. The van der Waals surface area contributed by atoms with E-state index in [9.17, 15) is 26.8 Å². The zero-order valence-electron chi connectivity index (χ0n) is 17.1. The van der Waals surface area contributed by atoms with Gasteiger partial charge in [0.15, 0.2) is 17.7 Å². The molecule has 176 valence electrons. The lowest BCUT2D eigenvalue weighted by atomic mass is 10.0. The molecule has 3 rings (SSSR count). The predicted molar refractivity (Wildman–Crippen MR) is 112 cm³/mol. The maximum Gasteiger partial charge on any atom is 0.331 e. The predicted octanol–water partition coefficient (Wildman–Crippen LogP) is 1.08. The molecule has 14 heteroatoms. The van der Waals surface area contributed by atoms with Crippen molar-refractivity contribution in [2.45, 2.75) is 24.9 Å². The van der Waals surface area contributed by atoms with E-state index < -0.39 is 52.2 Å². The molecule has 1 amide bonds. The topological polar surface area (TPSA) is 154 Å². The summed E-state index contributed by atoms with van der Waals surface area (Å²) in [5, 5.41) is 14.2. The summed E-state index contributed by atoms with van der Waals surface area (Å²) in [5.74, 6) is -4.80. The second-order valence-electron chi connectivity index (χ2n) is 7.12. The number of piperidine rings is 1. The number of nitrogens with zero attached hydrogens (tertiary/aromatic N) is 4. The van der Waals surface area contributed by atoms with Gasteiger partial charge in [-0.15, -0.1) is 0 Å². The standard InChI is InChI=1S/C19H20F2N6O5S/c20-15-12(17(28)24-10-13(18(29)30)26-33(31)32)2-3-14(16(15)21)27-8-4-11(5-9-27)25-19-22-6-1-7-23-19/h1-3,6-7,11,13H,4-5,8-10H2,(H,24,28)(H,29,30)(H,22,23,25)/t13-/m0/s1. The number of nitrogens with one attached hydrogen (secondary N) is 2. The quantitative estimate of drug-likeness (QED) is 0.501. The summed E-state index contributed by atoms with van der Waals surface area (Å²) < 4.78 is 53.3. The zero-order chi connectivity index (χ0) is 24.0. The van der Waals surface area contributed by atoms with Gasteiger partial charge in [-0.3, -0.25) is 4.79 Å². The minimum Gasteiger partial charge on any atom is -0.480 e. The molecule has 1 aliphatic rings. The number of amides is 1. The van der Waals surface area contributed by atoms with E-state index in [2.05, 4.69) is 25.0 Å². The normalized spacial score (nSPS) is 14.9. The molecule has 1 fully saturated rings. The molecular weight excluding hydrogens is 462 g/mol. The van der Waals surface area contributed by atoms with Crippen LogP contribution in [0.2, 0.25) is 0 Å². The van der Waals surface area contributed by atoms with Crippen molar-refractivity contribution >= 4 is 34.0 Å². The summed E-state index contributed by atoms with van der Waals surface area (Å²) in [6, 6.07) is 2.34. The van der Waals surface area contributed by atoms with E-state index in [0.29, 0.717) is 31.9 Å². The first-order valence-corrected chi connectivity index (χ1v) is 10.9. The van der Waals surface area contributed by atoms with Crippen LogP contribution in [0.1, 0.15) is 23.2 Å². The van der Waals surface area contributed by atoms with E-state index in [-0.39, 0.29) is 11.7 Å². The van der Waals surface area contributed by atoms with Crippen LogP contribution in [0, 0.1) is 11.6 Å². The number of carbonyl (C=O) groups excluding carboxylic acids is 1. The van der Waals surface area contributed by atoms with Crippen LogP contribution in [0.4, 0.5) is 20.4 Å². The number of hydrogen-bond donors (Lipinski definition) is 3. The average molecular weight is 482 g/mol. The van der Waals surface area contributed by atoms with Crippen molar-refractivity contribution in [2.75, 3.05) is 29.9 Å². The van der Waals surface area contributed by atoms with Gasteiger partial charge in [-0.2, -0.15) is 12.8 Å². The van der Waals surface area contributed by atoms with Gasteiger partial charge in [0.2, 0.25) is 5.95 Å². The van der Waals surface area contributed by atoms with Gasteiger partial charge < -0.3 is 20.6 Å². The molecule has 0 spiro atoms. The number of aliphatic carboxylic acids is 1. The smallest absolute Gasteiger partial charge is 0.331 e. The molecule has 1 aromatic carbocycles. The third kappa shape index (κ3) is 6.19. The highest BCUT2D eigenvalue weighted by molar-refractivity contribution is 7.61. The summed E-state index contributed by atoms with van der Waals surface area (Å²) in [4.78, 5) is 33.0. The fourth-order valence-electron chi connectivity index (χ4n) is 3.34. The van der Waals surface area contributed by atoms with Gasteiger partial charge in [0.05, 0.1) is 17.8 Å². The second-order valence-corrected chi connectivity index (χ2v) is 7.77. The van der Waals surface area contributed by atoms with Crippen LogP contribution in [0.15, 0.2) is 35.0 Å². The first-order chi connectivity index (χ1) is 15.8. The molecular formula is C19H20F2N6O5S. The number of carboxylic acid groups (broad SMARTS) is 1. The number of anilines is 2. The Hall–Kier alpha value is -3.68. The van der Waals surface area contributed by atoms with Gasteiger partial charge >= 0.3 is 16.5 Å². The van der Waals surface area contributed by atoms with Crippen LogP contribution in [-0.2, 0) is 15.3 Å². The van der Waals surface area contributed by atoms with E-state index in [4.69, 9.17) is 5.11 Å². The molecule has 2 aromatic rings. The zero-order valence-corrected chi connectivity index (χ0v) is 17.9. The molecule has 33 heavy (non-hydrogen) atoms. The lowest BCUT2D eigenvalue weighted by Gasteiger charge is -2.34. The number of carbonyl (C=O) groups is 2. The van der Waals surface area contributed by atoms with Crippen molar-refractivity contribution in [3.05, 3.63) is 47.8 Å². The summed E-state index contributed by atoms with van der Waals surface area (Å²) in [6.07, 6.45) is 4.48. The molecule has 0 bridgehead atoms. The summed E-state index contributed by atoms with van der Waals surface area (Å²) >= 11 is 0.